The van der Waals surface area contributed by atoms with Crippen LogP contribution in [0.1, 0.15) is 5.69 Å². The van der Waals surface area contributed by atoms with Crippen molar-refractivity contribution in [1.82, 2.24) is 20.1 Å². The highest BCUT2D eigenvalue weighted by atomic mass is 16.5. The van der Waals surface area contributed by atoms with Crippen LogP contribution in [0.25, 0.3) is 22.4 Å². The van der Waals surface area contributed by atoms with E-state index in [2.05, 4.69) is 20.5 Å². The van der Waals surface area contributed by atoms with E-state index in [0.717, 1.165) is 5.56 Å². The highest BCUT2D eigenvalue weighted by molar-refractivity contribution is 5.92. The lowest BCUT2D eigenvalue weighted by Crippen LogP contribution is -2.36. The van der Waals surface area contributed by atoms with E-state index in [0.29, 0.717) is 22.5 Å². The molecule has 154 valence electrons. The summed E-state index contributed by atoms with van der Waals surface area (Å²) in [5.41, 5.74) is 3.02. The molecule has 0 aliphatic carbocycles. The molecule has 1 atom stereocenters. The molecule has 1 N–H and O–H groups in total. The molecular weight excluding hydrogens is 400 g/mol. The summed E-state index contributed by atoms with van der Waals surface area (Å²) in [5, 5.41) is 20.3. The second kappa shape index (κ2) is 8.46. The summed E-state index contributed by atoms with van der Waals surface area (Å²) in [6.45, 7) is 0. The summed E-state index contributed by atoms with van der Waals surface area (Å²) in [4.78, 5) is 27.8. The number of carbonyl (C=O) groups is 1. The van der Waals surface area contributed by atoms with Crippen molar-refractivity contribution < 1.29 is 13.9 Å². The first-order valence-corrected chi connectivity index (χ1v) is 9.23. The summed E-state index contributed by atoms with van der Waals surface area (Å²) >= 11 is 0. The van der Waals surface area contributed by atoms with Gasteiger partial charge in [-0.1, -0.05) is 0 Å². The standard InChI is InChI=1S/C21H16N6O4/c1-27-17-9-13(3-6-18(17)31-21(27)29)16-5-4-14(25-26-16)10-15(11-22)24-20(28)19-12-23-7-2-8-30-19/h2-9,12,15H,10H2,1H3,(H,24,28)/t15-/m0/s1. The quantitative estimate of drug-likeness (QED) is 0.667. The van der Waals surface area contributed by atoms with Crippen LogP contribution in [-0.2, 0) is 23.0 Å². The number of carbonyl (C=O) groups excluding carboxylic acids is 1. The first-order valence-electron chi connectivity index (χ1n) is 9.23. The zero-order valence-electron chi connectivity index (χ0n) is 16.3. The first-order chi connectivity index (χ1) is 15.0. The maximum Gasteiger partial charge on any atom is 0.419 e. The summed E-state index contributed by atoms with van der Waals surface area (Å²) in [5.74, 6) is -1.01. The molecule has 1 aliphatic rings. The molecule has 0 fully saturated rings. The minimum absolute atomic E-state index is 0.0179. The lowest BCUT2D eigenvalue weighted by atomic mass is 10.1. The Kier molecular flexibility index (Phi) is 5.40. The molecule has 3 aromatic rings. The number of hydrogen-bond donors (Lipinski definition) is 1. The number of nitrogens with zero attached hydrogens (tertiary/aromatic N) is 5. The van der Waals surface area contributed by atoms with Gasteiger partial charge in [-0.2, -0.15) is 15.5 Å². The molecule has 0 radical (unpaired) electrons. The number of ether oxygens (including phenoxy) is 1. The minimum Gasteiger partial charge on any atom is -0.458 e. The Morgan fingerprint density at radius 1 is 1.29 bits per heavy atom. The molecule has 2 aromatic heterocycles. The number of benzene rings is 1. The van der Waals surface area contributed by atoms with Crippen molar-refractivity contribution >= 4 is 23.2 Å². The predicted molar refractivity (Wildman–Crippen MR) is 111 cm³/mol. The molecule has 0 bridgehead atoms. The Hall–Kier alpha value is -4.52. The fourth-order valence-electron chi connectivity index (χ4n) is 2.93. The zero-order chi connectivity index (χ0) is 21.8. The lowest BCUT2D eigenvalue weighted by molar-refractivity contribution is -0.120. The van der Waals surface area contributed by atoms with Crippen LogP contribution in [0, 0.1) is 11.3 Å². The van der Waals surface area contributed by atoms with Crippen molar-refractivity contribution in [2.24, 2.45) is 12.0 Å². The minimum atomic E-state index is -0.829. The van der Waals surface area contributed by atoms with E-state index < -0.39 is 17.7 Å². The number of amides is 1. The van der Waals surface area contributed by atoms with Crippen LogP contribution in [-0.4, -0.2) is 32.9 Å². The number of hydrogen-bond acceptors (Lipinski definition) is 8. The van der Waals surface area contributed by atoms with Crippen LogP contribution in [0.4, 0.5) is 0 Å². The number of allylic oxidation sites excluding steroid dienone is 1. The van der Waals surface area contributed by atoms with Gasteiger partial charge < -0.3 is 14.5 Å². The lowest BCUT2D eigenvalue weighted by Gasteiger charge is -2.12. The second-order valence-corrected chi connectivity index (χ2v) is 6.62. The molecule has 4 rings (SSSR count). The SMILES string of the molecule is Cn1c(=O)oc2ccc(-c3ccc(C[C@@H](C#N)NC(=O)C4=CN=CC=CO4)nn3)cc21. The molecule has 0 spiro atoms. The van der Waals surface area contributed by atoms with Gasteiger partial charge in [-0.15, -0.1) is 0 Å². The molecule has 0 saturated heterocycles. The molecule has 31 heavy (non-hydrogen) atoms. The molecule has 1 amide bonds. The van der Waals surface area contributed by atoms with Gasteiger partial charge in [0.15, 0.2) is 5.58 Å². The maximum atomic E-state index is 12.3. The number of nitrogens with one attached hydrogen (secondary N) is 1. The smallest absolute Gasteiger partial charge is 0.419 e. The summed E-state index contributed by atoms with van der Waals surface area (Å²) in [7, 11) is 1.63. The van der Waals surface area contributed by atoms with Gasteiger partial charge in [0, 0.05) is 25.2 Å². The number of aryl methyl sites for hydroxylation is 1. The van der Waals surface area contributed by atoms with Gasteiger partial charge in [0.25, 0.3) is 5.91 Å². The maximum absolute atomic E-state index is 12.3. The molecule has 0 saturated carbocycles. The molecule has 3 heterocycles. The molecular formula is C21H16N6O4. The van der Waals surface area contributed by atoms with E-state index >= 15 is 0 Å². The van der Waals surface area contributed by atoms with Crippen molar-refractivity contribution in [2.45, 2.75) is 12.5 Å². The fourth-order valence-corrected chi connectivity index (χ4v) is 2.93. The Morgan fingerprint density at radius 2 is 2.16 bits per heavy atom. The average Bonchev–Trinajstić information content (AvgIpc) is 2.96. The summed E-state index contributed by atoms with van der Waals surface area (Å²) in [6.07, 6.45) is 5.77. The van der Waals surface area contributed by atoms with Crippen LogP contribution in [0.5, 0.6) is 0 Å². The Morgan fingerprint density at radius 3 is 2.94 bits per heavy atom. The topological polar surface area (TPSA) is 135 Å². The van der Waals surface area contributed by atoms with E-state index in [1.54, 1.807) is 43.5 Å². The third kappa shape index (κ3) is 4.25. The normalized spacial score (nSPS) is 13.7. The van der Waals surface area contributed by atoms with Crippen molar-refractivity contribution in [2.75, 3.05) is 0 Å². The number of rotatable bonds is 5. The van der Waals surface area contributed by atoms with E-state index in [9.17, 15) is 14.9 Å². The number of aromatic nitrogens is 3. The number of fused-ring (bicyclic) bond motifs is 1. The highest BCUT2D eigenvalue weighted by Crippen LogP contribution is 2.22. The van der Waals surface area contributed by atoms with Crippen molar-refractivity contribution in [3.8, 4) is 17.3 Å². The van der Waals surface area contributed by atoms with E-state index in [4.69, 9.17) is 9.15 Å². The number of nitriles is 1. The highest BCUT2D eigenvalue weighted by Gasteiger charge is 2.18. The van der Waals surface area contributed by atoms with Gasteiger partial charge >= 0.3 is 5.76 Å². The predicted octanol–water partition coefficient (Wildman–Crippen LogP) is 1.60. The molecule has 1 aromatic carbocycles. The van der Waals surface area contributed by atoms with Crippen molar-refractivity contribution in [3.05, 3.63) is 70.9 Å². The molecule has 10 nitrogen and oxygen atoms in total. The average molecular weight is 416 g/mol. The first kappa shape index (κ1) is 19.8. The van der Waals surface area contributed by atoms with Gasteiger partial charge in [-0.05, 0) is 36.4 Å². The molecule has 10 heteroatoms. The van der Waals surface area contributed by atoms with Crippen LogP contribution < -0.4 is 11.1 Å². The monoisotopic (exact) mass is 416 g/mol. The number of oxazole rings is 1. The third-order valence-corrected chi connectivity index (χ3v) is 4.54. The van der Waals surface area contributed by atoms with Crippen molar-refractivity contribution in [3.63, 3.8) is 0 Å². The van der Waals surface area contributed by atoms with Gasteiger partial charge in [0.05, 0.1) is 35.4 Å². The Bertz CT molecular complexity index is 1320. The fraction of sp³-hybridized carbons (Fsp3) is 0.143. The van der Waals surface area contributed by atoms with Crippen molar-refractivity contribution in [1.29, 1.82) is 5.26 Å². The van der Waals surface area contributed by atoms with Gasteiger partial charge in [-0.3, -0.25) is 14.4 Å². The largest absolute Gasteiger partial charge is 0.458 e. The van der Waals surface area contributed by atoms with Gasteiger partial charge in [-0.25, -0.2) is 4.79 Å². The second-order valence-electron chi connectivity index (χ2n) is 6.62. The third-order valence-electron chi connectivity index (χ3n) is 4.54. The summed E-state index contributed by atoms with van der Waals surface area (Å²) < 4.78 is 11.7. The Balaban J connectivity index is 1.47. The van der Waals surface area contributed by atoms with E-state index in [1.165, 1.54) is 23.2 Å². The zero-order valence-corrected chi connectivity index (χ0v) is 16.3. The van der Waals surface area contributed by atoms with E-state index in [1.807, 2.05) is 6.07 Å². The molecule has 0 unspecified atom stereocenters. The number of aliphatic imine (C=N–C) groups is 1. The Labute approximate surface area is 175 Å². The van der Waals surface area contributed by atoms with Crippen LogP contribution in [0.2, 0.25) is 0 Å². The molecule has 1 aliphatic heterocycles. The van der Waals surface area contributed by atoms with E-state index in [-0.39, 0.29) is 12.2 Å². The van der Waals surface area contributed by atoms with Gasteiger partial charge in [0.1, 0.15) is 6.04 Å². The van der Waals surface area contributed by atoms with Crippen LogP contribution in [0.3, 0.4) is 0 Å². The van der Waals surface area contributed by atoms with Crippen LogP contribution >= 0.6 is 0 Å². The van der Waals surface area contributed by atoms with Gasteiger partial charge in [0.2, 0.25) is 5.76 Å². The summed E-state index contributed by atoms with van der Waals surface area (Å²) in [6, 6.07) is 9.96. The van der Waals surface area contributed by atoms with Crippen LogP contribution in [0.15, 0.2) is 68.8 Å².